The van der Waals surface area contributed by atoms with Gasteiger partial charge in [-0.1, -0.05) is 17.7 Å². The Labute approximate surface area is 317 Å². The number of ether oxygens (including phenoxy) is 2. The van der Waals surface area contributed by atoms with Crippen molar-refractivity contribution < 1.29 is 37.3 Å². The Hall–Kier alpha value is -3.70. The lowest BCUT2D eigenvalue weighted by atomic mass is 9.74. The number of aromatic nitrogens is 4. The van der Waals surface area contributed by atoms with Crippen LogP contribution < -0.4 is 14.8 Å². The predicted octanol–water partition coefficient (Wildman–Crippen LogP) is 6.95. The molecule has 2 aliphatic rings. The third-order valence-corrected chi connectivity index (χ3v) is 10.1. The third-order valence-electron chi connectivity index (χ3n) is 9.09. The SMILES string of the molecule is [B]C(O)(COc1ccn(-c2ccc(C(=O)NSc3cccc(NCCCC4CN(C(=O)OC(C)(C)C)C(C)(C)C4)n3)c(Cl)n2)n1)CC1(C(F)(F)F)CC1. The molecule has 0 aromatic carbocycles. The number of amides is 2. The van der Waals surface area contributed by atoms with Crippen LogP contribution in [-0.2, 0) is 4.74 Å². The molecule has 2 fully saturated rings. The Morgan fingerprint density at radius 2 is 1.87 bits per heavy atom. The fourth-order valence-corrected chi connectivity index (χ4v) is 7.16. The van der Waals surface area contributed by atoms with Gasteiger partial charge in [0.25, 0.3) is 5.91 Å². The van der Waals surface area contributed by atoms with Crippen LogP contribution in [0, 0.1) is 11.3 Å². The second-order valence-electron chi connectivity index (χ2n) is 15.4. The molecule has 4 heterocycles. The molecule has 1 aliphatic heterocycles. The number of hydrogen-bond donors (Lipinski definition) is 3. The number of carbonyl (C=O) groups excluding carboxylic acids is 2. The summed E-state index contributed by atoms with van der Waals surface area (Å²) in [5.74, 6) is 0.756. The second-order valence-corrected chi connectivity index (χ2v) is 16.6. The van der Waals surface area contributed by atoms with E-state index in [9.17, 15) is 27.9 Å². The molecule has 53 heavy (non-hydrogen) atoms. The standard InChI is InChI=1S/C35H44BClF3N7O5S/c1-31(2,3)52-30(49)46-19-22(18-32(46,4)5)8-7-16-41-24-9-6-10-27(42-24)53-45-29(48)23-11-12-25(43-28(23)37)47-17-13-26(44-47)51-21-34(36,50)20-33(14-15-33)35(38,39)40/h6,9-13,17,22,50H,7-8,14-16,18-21H2,1-5H3,(H,41,42)(H,45,48). The first-order valence-corrected chi connectivity index (χ1v) is 18.5. The lowest BCUT2D eigenvalue weighted by molar-refractivity contribution is -0.198. The van der Waals surface area contributed by atoms with Crippen LogP contribution in [0.2, 0.25) is 5.15 Å². The Balaban J connectivity index is 1.06. The highest BCUT2D eigenvalue weighted by atomic mass is 35.5. The van der Waals surface area contributed by atoms with Crippen molar-refractivity contribution in [2.75, 3.05) is 25.0 Å². The van der Waals surface area contributed by atoms with Gasteiger partial charge in [0, 0.05) is 42.8 Å². The minimum atomic E-state index is -4.46. The summed E-state index contributed by atoms with van der Waals surface area (Å²) in [7, 11) is 5.72. The maximum Gasteiger partial charge on any atom is 0.410 e. The van der Waals surface area contributed by atoms with E-state index in [4.69, 9.17) is 28.9 Å². The molecule has 2 radical (unpaired) electrons. The van der Waals surface area contributed by atoms with Crippen molar-refractivity contribution in [3.8, 4) is 11.7 Å². The van der Waals surface area contributed by atoms with E-state index < -0.39 is 41.6 Å². The van der Waals surface area contributed by atoms with Crippen molar-refractivity contribution >= 4 is 49.2 Å². The van der Waals surface area contributed by atoms with Gasteiger partial charge in [0.15, 0.2) is 5.82 Å². The van der Waals surface area contributed by atoms with E-state index >= 15 is 0 Å². The molecule has 1 saturated heterocycles. The number of rotatable bonds is 14. The van der Waals surface area contributed by atoms with Gasteiger partial charge in [0.1, 0.15) is 36.1 Å². The van der Waals surface area contributed by atoms with Gasteiger partial charge in [0.2, 0.25) is 5.88 Å². The molecule has 12 nitrogen and oxygen atoms in total. The van der Waals surface area contributed by atoms with E-state index in [-0.39, 0.29) is 46.9 Å². The summed E-state index contributed by atoms with van der Waals surface area (Å²) in [6.45, 7) is 10.5. The molecule has 2 unspecified atom stereocenters. The first-order valence-electron chi connectivity index (χ1n) is 17.3. The fraction of sp³-hybridized carbons (Fsp3) is 0.571. The van der Waals surface area contributed by atoms with Crippen LogP contribution in [0.25, 0.3) is 5.82 Å². The number of pyridine rings is 2. The highest BCUT2D eigenvalue weighted by Crippen LogP contribution is 2.61. The molecule has 5 rings (SSSR count). The van der Waals surface area contributed by atoms with Crippen molar-refractivity contribution in [1.29, 1.82) is 0 Å². The van der Waals surface area contributed by atoms with Crippen molar-refractivity contribution in [2.45, 2.75) is 101 Å². The number of nitrogens with zero attached hydrogens (tertiary/aromatic N) is 5. The molecular weight excluding hydrogens is 734 g/mol. The van der Waals surface area contributed by atoms with Gasteiger partial charge < -0.3 is 24.8 Å². The first-order chi connectivity index (χ1) is 24.7. The van der Waals surface area contributed by atoms with Crippen LogP contribution in [0.1, 0.15) is 83.5 Å². The number of carbonyl (C=O) groups is 2. The number of anilines is 1. The molecular formula is C35H44BClF3N7O5S. The maximum atomic E-state index is 13.3. The summed E-state index contributed by atoms with van der Waals surface area (Å²) in [6, 6.07) is 9.83. The molecule has 2 amide bonds. The number of aliphatic hydroxyl groups is 1. The zero-order chi connectivity index (χ0) is 38.8. The maximum absolute atomic E-state index is 13.3. The molecule has 0 bridgehead atoms. The quantitative estimate of drug-likeness (QED) is 0.0681. The molecule has 3 aromatic rings. The van der Waals surface area contributed by atoms with Gasteiger partial charge in [-0.3, -0.25) is 9.52 Å². The zero-order valence-electron chi connectivity index (χ0n) is 30.3. The molecule has 3 aromatic heterocycles. The zero-order valence-corrected chi connectivity index (χ0v) is 31.9. The normalized spacial score (nSPS) is 19.0. The number of hydrogen-bond acceptors (Lipinski definition) is 10. The monoisotopic (exact) mass is 777 g/mol. The Bertz CT molecular complexity index is 1780. The molecule has 2 atom stereocenters. The minimum Gasteiger partial charge on any atom is -0.474 e. The Kier molecular flexibility index (Phi) is 11.9. The van der Waals surface area contributed by atoms with Gasteiger partial charge in [-0.2, -0.15) is 13.2 Å². The van der Waals surface area contributed by atoms with E-state index in [0.717, 1.165) is 31.2 Å². The van der Waals surface area contributed by atoms with Crippen LogP contribution in [0.15, 0.2) is 47.6 Å². The topological polar surface area (TPSA) is 144 Å². The van der Waals surface area contributed by atoms with Gasteiger partial charge in [-0.05, 0) is 103 Å². The third kappa shape index (κ3) is 10.7. The van der Waals surface area contributed by atoms with Crippen molar-refractivity contribution in [1.82, 2.24) is 29.4 Å². The van der Waals surface area contributed by atoms with Gasteiger partial charge in [-0.15, -0.1) is 5.10 Å². The van der Waals surface area contributed by atoms with Crippen molar-refractivity contribution in [3.63, 3.8) is 0 Å². The van der Waals surface area contributed by atoms with Crippen LogP contribution in [0.4, 0.5) is 23.8 Å². The Morgan fingerprint density at radius 1 is 1.13 bits per heavy atom. The van der Waals surface area contributed by atoms with E-state index in [1.54, 1.807) is 6.07 Å². The Morgan fingerprint density at radius 3 is 2.53 bits per heavy atom. The largest absolute Gasteiger partial charge is 0.474 e. The summed E-state index contributed by atoms with van der Waals surface area (Å²) in [5.41, 5.74) is -4.91. The lowest BCUT2D eigenvalue weighted by Crippen LogP contribution is -2.45. The van der Waals surface area contributed by atoms with E-state index in [1.165, 1.54) is 29.1 Å². The number of alkyl halides is 3. The number of halogens is 4. The van der Waals surface area contributed by atoms with Crippen LogP contribution in [0.5, 0.6) is 5.88 Å². The van der Waals surface area contributed by atoms with E-state index in [2.05, 4.69) is 39.0 Å². The van der Waals surface area contributed by atoms with Crippen LogP contribution >= 0.6 is 23.5 Å². The minimum absolute atomic E-state index is 0.00409. The fourth-order valence-electron chi connectivity index (χ4n) is 6.33. The summed E-state index contributed by atoms with van der Waals surface area (Å²) in [4.78, 5) is 36.3. The number of nitrogens with one attached hydrogen (secondary N) is 2. The first kappa shape index (κ1) is 40.5. The summed E-state index contributed by atoms with van der Waals surface area (Å²) in [6.07, 6.45) is -1.40. The van der Waals surface area contributed by atoms with Crippen molar-refractivity contribution in [3.05, 3.63) is 53.3 Å². The van der Waals surface area contributed by atoms with Gasteiger partial charge in [0.05, 0.1) is 16.5 Å². The highest BCUT2D eigenvalue weighted by molar-refractivity contribution is 7.97. The predicted molar refractivity (Wildman–Crippen MR) is 195 cm³/mol. The van der Waals surface area contributed by atoms with Crippen LogP contribution in [-0.4, -0.2) is 92.1 Å². The highest BCUT2D eigenvalue weighted by Gasteiger charge is 2.64. The van der Waals surface area contributed by atoms with Crippen LogP contribution in [0.3, 0.4) is 0 Å². The molecule has 3 N–H and O–H groups in total. The summed E-state index contributed by atoms with van der Waals surface area (Å²) < 4.78 is 54.9. The van der Waals surface area contributed by atoms with Crippen molar-refractivity contribution in [2.24, 2.45) is 11.3 Å². The smallest absolute Gasteiger partial charge is 0.410 e. The molecule has 18 heteroatoms. The number of likely N-dealkylation sites (tertiary alicyclic amines) is 1. The molecule has 0 spiro atoms. The van der Waals surface area contributed by atoms with Gasteiger partial charge in [-0.25, -0.2) is 19.4 Å². The van der Waals surface area contributed by atoms with E-state index in [0.29, 0.717) is 29.9 Å². The average molecular weight is 778 g/mol. The second kappa shape index (κ2) is 15.6. The summed E-state index contributed by atoms with van der Waals surface area (Å²) in [5, 5.41) is 18.3. The van der Waals surface area contributed by atoms with Gasteiger partial charge >= 0.3 is 12.3 Å². The van der Waals surface area contributed by atoms with E-state index in [1.807, 2.05) is 37.8 Å². The summed E-state index contributed by atoms with van der Waals surface area (Å²) >= 11 is 7.37. The molecule has 1 saturated carbocycles. The lowest BCUT2D eigenvalue weighted by Gasteiger charge is -2.33. The molecule has 286 valence electrons. The average Bonchev–Trinajstić information content (AvgIpc) is 3.55. The molecule has 1 aliphatic carbocycles.